The molecule has 0 aromatic carbocycles. The van der Waals surface area contributed by atoms with Crippen molar-refractivity contribution < 1.29 is 14.3 Å². The summed E-state index contributed by atoms with van der Waals surface area (Å²) in [7, 11) is 0. The Kier molecular flexibility index (Phi) is 3.66. The maximum absolute atomic E-state index is 10.6. The van der Waals surface area contributed by atoms with E-state index in [2.05, 4.69) is 15.2 Å². The van der Waals surface area contributed by atoms with E-state index < -0.39 is 5.97 Å². The summed E-state index contributed by atoms with van der Waals surface area (Å²) in [5.41, 5.74) is 0.801. The van der Waals surface area contributed by atoms with Gasteiger partial charge in [0.05, 0.1) is 0 Å². The molecule has 0 saturated carbocycles. The Morgan fingerprint density at radius 1 is 1.39 bits per heavy atom. The van der Waals surface area contributed by atoms with E-state index in [4.69, 9.17) is 9.52 Å². The number of carboxylic acid groups (broad SMARTS) is 1. The average Bonchev–Trinajstić information content (AvgIpc) is 2.77. The maximum atomic E-state index is 10.6. The van der Waals surface area contributed by atoms with Gasteiger partial charge in [-0.25, -0.2) is 0 Å². The van der Waals surface area contributed by atoms with Gasteiger partial charge in [0.25, 0.3) is 0 Å². The summed E-state index contributed by atoms with van der Waals surface area (Å²) < 4.78 is 5.48. The molecule has 1 unspecified atom stereocenters. The third-order valence-corrected chi connectivity index (χ3v) is 2.44. The van der Waals surface area contributed by atoms with Crippen molar-refractivity contribution in [2.24, 2.45) is 5.92 Å². The number of pyridine rings is 1. The standard InChI is InChI=1S/C12H13N3O3/c1-8(7-11(16)17)6-10-14-15-12(18-10)9-2-4-13-5-3-9/h2-5,8H,6-7H2,1H3,(H,16,17). The summed E-state index contributed by atoms with van der Waals surface area (Å²) in [5.74, 6) is 0.0232. The highest BCUT2D eigenvalue weighted by atomic mass is 16.4. The van der Waals surface area contributed by atoms with Gasteiger partial charge in [0.1, 0.15) is 0 Å². The monoisotopic (exact) mass is 247 g/mol. The summed E-state index contributed by atoms with van der Waals surface area (Å²) in [6.45, 7) is 1.84. The normalized spacial score (nSPS) is 12.3. The fraction of sp³-hybridized carbons (Fsp3) is 0.333. The van der Waals surface area contributed by atoms with Gasteiger partial charge in [-0.2, -0.15) is 0 Å². The third-order valence-electron chi connectivity index (χ3n) is 2.44. The second-order valence-electron chi connectivity index (χ2n) is 4.14. The maximum Gasteiger partial charge on any atom is 0.303 e. The summed E-state index contributed by atoms with van der Waals surface area (Å²) in [6.07, 6.45) is 3.84. The van der Waals surface area contributed by atoms with Crippen LogP contribution in [0.15, 0.2) is 28.9 Å². The minimum atomic E-state index is -0.823. The van der Waals surface area contributed by atoms with Gasteiger partial charge in [-0.15, -0.1) is 10.2 Å². The van der Waals surface area contributed by atoms with Crippen LogP contribution in [0.25, 0.3) is 11.5 Å². The third kappa shape index (κ3) is 3.13. The molecule has 2 aromatic heterocycles. The first-order chi connectivity index (χ1) is 8.65. The summed E-state index contributed by atoms with van der Waals surface area (Å²) in [4.78, 5) is 14.5. The second kappa shape index (κ2) is 5.39. The van der Waals surface area contributed by atoms with Crippen LogP contribution in [-0.4, -0.2) is 26.3 Å². The van der Waals surface area contributed by atoms with Crippen molar-refractivity contribution in [3.05, 3.63) is 30.4 Å². The quantitative estimate of drug-likeness (QED) is 0.866. The molecule has 1 N–H and O–H groups in total. The lowest BCUT2D eigenvalue weighted by molar-refractivity contribution is -0.137. The van der Waals surface area contributed by atoms with Crippen molar-refractivity contribution in [3.63, 3.8) is 0 Å². The number of carbonyl (C=O) groups is 1. The van der Waals surface area contributed by atoms with Crippen molar-refractivity contribution >= 4 is 5.97 Å². The van der Waals surface area contributed by atoms with Crippen molar-refractivity contribution in [2.45, 2.75) is 19.8 Å². The van der Waals surface area contributed by atoms with E-state index in [9.17, 15) is 4.79 Å². The fourth-order valence-electron chi connectivity index (χ4n) is 1.62. The van der Waals surface area contributed by atoms with Gasteiger partial charge >= 0.3 is 5.97 Å². The lowest BCUT2D eigenvalue weighted by Gasteiger charge is -2.03. The van der Waals surface area contributed by atoms with E-state index >= 15 is 0 Å². The topological polar surface area (TPSA) is 89.1 Å². The molecule has 0 aliphatic heterocycles. The molecule has 6 nitrogen and oxygen atoms in total. The highest BCUT2D eigenvalue weighted by Gasteiger charge is 2.14. The zero-order valence-electron chi connectivity index (χ0n) is 9.91. The first-order valence-electron chi connectivity index (χ1n) is 5.59. The first kappa shape index (κ1) is 12.2. The molecule has 94 valence electrons. The smallest absolute Gasteiger partial charge is 0.303 e. The molecule has 0 aliphatic carbocycles. The van der Waals surface area contributed by atoms with Crippen molar-refractivity contribution in [3.8, 4) is 11.5 Å². The average molecular weight is 247 g/mol. The number of nitrogens with zero attached hydrogens (tertiary/aromatic N) is 3. The molecule has 2 aromatic rings. The number of rotatable bonds is 5. The van der Waals surface area contributed by atoms with Gasteiger partial charge in [-0.1, -0.05) is 6.92 Å². The Labute approximate surface area is 104 Å². The van der Waals surface area contributed by atoms with E-state index in [0.717, 1.165) is 5.56 Å². The molecule has 0 aliphatic rings. The lowest BCUT2D eigenvalue weighted by atomic mass is 10.0. The summed E-state index contributed by atoms with van der Waals surface area (Å²) in [5, 5.41) is 16.5. The van der Waals surface area contributed by atoms with Gasteiger partial charge in [-0.05, 0) is 18.1 Å². The minimum Gasteiger partial charge on any atom is -0.481 e. The molecule has 0 saturated heterocycles. The summed E-state index contributed by atoms with van der Waals surface area (Å²) >= 11 is 0. The molecule has 0 spiro atoms. The predicted octanol–water partition coefficient (Wildman–Crippen LogP) is 1.78. The minimum absolute atomic E-state index is 0.0340. The lowest BCUT2D eigenvalue weighted by Crippen LogP contribution is -2.07. The molecule has 18 heavy (non-hydrogen) atoms. The van der Waals surface area contributed by atoms with Gasteiger partial charge in [-0.3, -0.25) is 9.78 Å². The highest BCUT2D eigenvalue weighted by Crippen LogP contribution is 2.18. The van der Waals surface area contributed by atoms with Gasteiger partial charge in [0.15, 0.2) is 0 Å². The number of carboxylic acids is 1. The summed E-state index contributed by atoms with van der Waals surface area (Å²) in [6, 6.07) is 3.55. The molecule has 0 bridgehead atoms. The molecule has 0 amide bonds. The Morgan fingerprint density at radius 3 is 2.78 bits per heavy atom. The van der Waals surface area contributed by atoms with Crippen LogP contribution in [0, 0.1) is 5.92 Å². The molecule has 2 heterocycles. The second-order valence-corrected chi connectivity index (χ2v) is 4.14. The van der Waals surface area contributed by atoms with E-state index in [0.29, 0.717) is 18.2 Å². The fourth-order valence-corrected chi connectivity index (χ4v) is 1.62. The Bertz CT molecular complexity index is 524. The van der Waals surface area contributed by atoms with Crippen LogP contribution in [0.1, 0.15) is 19.2 Å². The van der Waals surface area contributed by atoms with Crippen molar-refractivity contribution in [1.82, 2.24) is 15.2 Å². The highest BCUT2D eigenvalue weighted by molar-refractivity contribution is 5.66. The molecule has 0 fully saturated rings. The van der Waals surface area contributed by atoms with Crippen LogP contribution < -0.4 is 0 Å². The van der Waals surface area contributed by atoms with Crippen LogP contribution in [0.4, 0.5) is 0 Å². The number of aromatic nitrogens is 3. The van der Waals surface area contributed by atoms with Gasteiger partial charge in [0, 0.05) is 30.8 Å². The number of aliphatic carboxylic acids is 1. The van der Waals surface area contributed by atoms with Crippen LogP contribution >= 0.6 is 0 Å². The first-order valence-corrected chi connectivity index (χ1v) is 5.59. The largest absolute Gasteiger partial charge is 0.481 e. The van der Waals surface area contributed by atoms with Crippen LogP contribution in [0.3, 0.4) is 0 Å². The Balaban J connectivity index is 2.05. The predicted molar refractivity (Wildman–Crippen MR) is 62.6 cm³/mol. The van der Waals surface area contributed by atoms with E-state index in [1.165, 1.54) is 0 Å². The Morgan fingerprint density at radius 2 is 2.11 bits per heavy atom. The Hall–Kier alpha value is -2.24. The van der Waals surface area contributed by atoms with E-state index in [-0.39, 0.29) is 12.3 Å². The molecule has 6 heteroatoms. The molecule has 0 radical (unpaired) electrons. The molecular formula is C12H13N3O3. The molecule has 1 atom stereocenters. The van der Waals surface area contributed by atoms with Crippen molar-refractivity contribution in [1.29, 1.82) is 0 Å². The zero-order chi connectivity index (χ0) is 13.0. The van der Waals surface area contributed by atoms with E-state index in [1.807, 2.05) is 6.92 Å². The van der Waals surface area contributed by atoms with Crippen molar-refractivity contribution in [2.75, 3.05) is 0 Å². The number of hydrogen-bond donors (Lipinski definition) is 1. The SMILES string of the molecule is CC(CC(=O)O)Cc1nnc(-c2ccncc2)o1. The van der Waals surface area contributed by atoms with Crippen LogP contribution in [0.5, 0.6) is 0 Å². The molecular weight excluding hydrogens is 234 g/mol. The zero-order valence-corrected chi connectivity index (χ0v) is 9.91. The van der Waals surface area contributed by atoms with Crippen LogP contribution in [0.2, 0.25) is 0 Å². The van der Waals surface area contributed by atoms with Gasteiger partial charge in [0.2, 0.25) is 11.8 Å². The number of hydrogen-bond acceptors (Lipinski definition) is 5. The van der Waals surface area contributed by atoms with E-state index in [1.54, 1.807) is 24.5 Å². The van der Waals surface area contributed by atoms with Gasteiger partial charge < -0.3 is 9.52 Å². The van der Waals surface area contributed by atoms with Crippen LogP contribution in [-0.2, 0) is 11.2 Å². The molecule has 2 rings (SSSR count).